The topological polar surface area (TPSA) is 42.2 Å². The number of methoxy groups -OCH3 is 1. The molecule has 0 aliphatic carbocycles. The quantitative estimate of drug-likeness (QED) is 0.819. The van der Waals surface area contributed by atoms with Crippen LogP contribution in [-0.4, -0.2) is 20.3 Å². The molecule has 18 heavy (non-hydrogen) atoms. The molecule has 3 heteroatoms. The molecule has 0 spiro atoms. The number of aryl methyl sites for hydroxylation is 1. The third kappa shape index (κ3) is 1.87. The second-order valence-corrected chi connectivity index (χ2v) is 4.92. The van der Waals surface area contributed by atoms with Crippen molar-refractivity contribution in [2.45, 2.75) is 25.7 Å². The first kappa shape index (κ1) is 12.9. The molecule has 1 aromatic rings. The average Bonchev–Trinajstić information content (AvgIpc) is 2.33. The summed E-state index contributed by atoms with van der Waals surface area (Å²) in [7, 11) is 1.67. The summed E-state index contributed by atoms with van der Waals surface area (Å²) in [5, 5.41) is 9.33. The predicted molar refractivity (Wildman–Crippen MR) is 69.6 cm³/mol. The van der Waals surface area contributed by atoms with E-state index in [2.05, 4.69) is 25.1 Å². The van der Waals surface area contributed by atoms with E-state index < -0.39 is 0 Å². The maximum Gasteiger partial charge on any atom is 0.121 e. The Balaban J connectivity index is 2.39. The van der Waals surface area contributed by atoms with Crippen LogP contribution < -0.4 is 4.74 Å². The van der Waals surface area contributed by atoms with Gasteiger partial charge >= 0.3 is 0 Å². The summed E-state index contributed by atoms with van der Waals surface area (Å²) in [5.41, 5.74) is 2.18. The van der Waals surface area contributed by atoms with Crippen molar-refractivity contribution in [3.63, 3.8) is 0 Å². The molecule has 1 saturated heterocycles. The van der Waals surface area contributed by atoms with Crippen LogP contribution in [-0.2, 0) is 10.2 Å². The van der Waals surface area contributed by atoms with Crippen LogP contribution in [0.15, 0.2) is 18.2 Å². The van der Waals surface area contributed by atoms with Gasteiger partial charge in [0.2, 0.25) is 0 Å². The Morgan fingerprint density at radius 3 is 2.61 bits per heavy atom. The van der Waals surface area contributed by atoms with Gasteiger partial charge in [-0.2, -0.15) is 5.26 Å². The number of ether oxygens (including phenoxy) is 2. The van der Waals surface area contributed by atoms with Gasteiger partial charge in [-0.1, -0.05) is 19.1 Å². The fourth-order valence-corrected chi connectivity index (χ4v) is 2.68. The maximum atomic E-state index is 9.33. The first-order valence-electron chi connectivity index (χ1n) is 6.30. The second kappa shape index (κ2) is 4.99. The zero-order valence-electron chi connectivity index (χ0n) is 11.2. The van der Waals surface area contributed by atoms with Gasteiger partial charge in [0.05, 0.1) is 37.7 Å². The smallest absolute Gasteiger partial charge is 0.121 e. The first-order valence-corrected chi connectivity index (χ1v) is 6.30. The van der Waals surface area contributed by atoms with Crippen LogP contribution in [0.5, 0.6) is 5.75 Å². The lowest BCUT2D eigenvalue weighted by Gasteiger charge is -2.45. The van der Waals surface area contributed by atoms with Gasteiger partial charge in [0.1, 0.15) is 5.75 Å². The molecule has 2 rings (SSSR count). The van der Waals surface area contributed by atoms with Gasteiger partial charge < -0.3 is 9.47 Å². The van der Waals surface area contributed by atoms with Gasteiger partial charge in [0.25, 0.3) is 0 Å². The highest BCUT2D eigenvalue weighted by Crippen LogP contribution is 2.42. The molecule has 1 aromatic carbocycles. The first-order chi connectivity index (χ1) is 8.67. The summed E-state index contributed by atoms with van der Waals surface area (Å²) in [6.45, 7) is 5.38. The highest BCUT2D eigenvalue weighted by Gasteiger charge is 2.46. The molecule has 0 N–H and O–H groups in total. The zero-order chi connectivity index (χ0) is 13.2. The van der Waals surface area contributed by atoms with Crippen LogP contribution in [0.1, 0.15) is 24.5 Å². The van der Waals surface area contributed by atoms with Crippen molar-refractivity contribution >= 4 is 0 Å². The van der Waals surface area contributed by atoms with Crippen LogP contribution in [0.3, 0.4) is 0 Å². The molecule has 1 aliphatic heterocycles. The van der Waals surface area contributed by atoms with Crippen molar-refractivity contribution in [2.24, 2.45) is 5.92 Å². The Kier molecular flexibility index (Phi) is 3.58. The van der Waals surface area contributed by atoms with Gasteiger partial charge in [-0.3, -0.25) is 0 Å². The molecule has 1 heterocycles. The van der Waals surface area contributed by atoms with Crippen molar-refractivity contribution in [2.75, 3.05) is 20.3 Å². The van der Waals surface area contributed by atoms with E-state index in [1.54, 1.807) is 7.11 Å². The van der Waals surface area contributed by atoms with Crippen molar-refractivity contribution in [1.82, 2.24) is 0 Å². The third-order valence-corrected chi connectivity index (χ3v) is 3.92. The Morgan fingerprint density at radius 2 is 2.22 bits per heavy atom. The highest BCUT2D eigenvalue weighted by atomic mass is 16.5. The normalized spacial score (nSPS) is 18.6. The second-order valence-electron chi connectivity index (χ2n) is 4.92. The van der Waals surface area contributed by atoms with Crippen molar-refractivity contribution in [3.8, 4) is 11.8 Å². The molecule has 1 aliphatic rings. The molecule has 1 atom stereocenters. The SMILES string of the molecule is CCC(C#N)C1(c2ccc(OC)c(C)c2)COC1. The minimum Gasteiger partial charge on any atom is -0.496 e. The fourth-order valence-electron chi connectivity index (χ4n) is 2.68. The van der Waals surface area contributed by atoms with E-state index in [4.69, 9.17) is 9.47 Å². The Labute approximate surface area is 108 Å². The number of hydrogen-bond donors (Lipinski definition) is 0. The Bertz CT molecular complexity index is 472. The molecule has 0 aromatic heterocycles. The lowest BCUT2D eigenvalue weighted by atomic mass is 9.68. The molecule has 0 bridgehead atoms. The Morgan fingerprint density at radius 1 is 1.50 bits per heavy atom. The van der Waals surface area contributed by atoms with E-state index in [0.717, 1.165) is 17.7 Å². The van der Waals surface area contributed by atoms with Gasteiger partial charge in [0, 0.05) is 0 Å². The lowest BCUT2D eigenvalue weighted by molar-refractivity contribution is -0.0805. The van der Waals surface area contributed by atoms with Crippen LogP contribution in [0.25, 0.3) is 0 Å². The van der Waals surface area contributed by atoms with Crippen molar-refractivity contribution < 1.29 is 9.47 Å². The van der Waals surface area contributed by atoms with Crippen molar-refractivity contribution in [3.05, 3.63) is 29.3 Å². The molecule has 1 fully saturated rings. The van der Waals surface area contributed by atoms with E-state index in [1.807, 2.05) is 13.0 Å². The molecule has 0 amide bonds. The molecular weight excluding hydrogens is 226 g/mol. The summed E-state index contributed by atoms with van der Waals surface area (Å²) >= 11 is 0. The summed E-state index contributed by atoms with van der Waals surface area (Å²) in [4.78, 5) is 0. The zero-order valence-corrected chi connectivity index (χ0v) is 11.2. The lowest BCUT2D eigenvalue weighted by Crippen LogP contribution is -2.52. The summed E-state index contributed by atoms with van der Waals surface area (Å²) < 4.78 is 10.7. The largest absolute Gasteiger partial charge is 0.496 e. The fraction of sp³-hybridized carbons (Fsp3) is 0.533. The maximum absolute atomic E-state index is 9.33. The molecule has 96 valence electrons. The van der Waals surface area contributed by atoms with Crippen LogP contribution in [0.4, 0.5) is 0 Å². The monoisotopic (exact) mass is 245 g/mol. The number of rotatable bonds is 4. The summed E-state index contributed by atoms with van der Waals surface area (Å²) in [6, 6.07) is 8.60. The summed E-state index contributed by atoms with van der Waals surface area (Å²) in [6.07, 6.45) is 0.852. The van der Waals surface area contributed by atoms with E-state index in [9.17, 15) is 5.26 Å². The summed E-state index contributed by atoms with van der Waals surface area (Å²) in [5.74, 6) is 0.901. The van der Waals surface area contributed by atoms with Gasteiger partial charge in [-0.15, -0.1) is 0 Å². The highest BCUT2D eigenvalue weighted by molar-refractivity contribution is 5.41. The van der Waals surface area contributed by atoms with Gasteiger partial charge in [0.15, 0.2) is 0 Å². The molecular formula is C15H19NO2. The van der Waals surface area contributed by atoms with Crippen LogP contribution in [0, 0.1) is 24.2 Å². The van der Waals surface area contributed by atoms with E-state index in [0.29, 0.717) is 13.2 Å². The standard InChI is InChI=1S/C15H19NO2/c1-4-12(8-16)15(9-18-10-15)13-5-6-14(17-3)11(2)7-13/h5-7,12H,4,9-10H2,1-3H3. The number of nitriles is 1. The van der Waals surface area contributed by atoms with Gasteiger partial charge in [-0.25, -0.2) is 0 Å². The third-order valence-electron chi connectivity index (χ3n) is 3.92. The predicted octanol–water partition coefficient (Wildman–Crippen LogP) is 2.82. The van der Waals surface area contributed by atoms with Crippen LogP contribution in [0.2, 0.25) is 0 Å². The minimum absolute atomic E-state index is 0.0130. The van der Waals surface area contributed by atoms with E-state index in [1.165, 1.54) is 5.56 Å². The Hall–Kier alpha value is -1.53. The van der Waals surface area contributed by atoms with E-state index in [-0.39, 0.29) is 11.3 Å². The minimum atomic E-state index is -0.124. The molecule has 1 unspecified atom stereocenters. The molecule has 0 saturated carbocycles. The average molecular weight is 245 g/mol. The molecule has 0 radical (unpaired) electrons. The van der Waals surface area contributed by atoms with Crippen LogP contribution >= 0.6 is 0 Å². The number of nitrogens with zero attached hydrogens (tertiary/aromatic N) is 1. The number of hydrogen-bond acceptors (Lipinski definition) is 3. The molecule has 3 nitrogen and oxygen atoms in total. The number of benzene rings is 1. The van der Waals surface area contributed by atoms with Gasteiger partial charge in [-0.05, 0) is 30.5 Å². The van der Waals surface area contributed by atoms with E-state index >= 15 is 0 Å². The van der Waals surface area contributed by atoms with Crippen molar-refractivity contribution in [1.29, 1.82) is 5.26 Å².